The highest BCUT2D eigenvalue weighted by Gasteiger charge is 2.15. The van der Waals surface area contributed by atoms with E-state index in [1.54, 1.807) is 0 Å². The van der Waals surface area contributed by atoms with Crippen LogP contribution in [0, 0.1) is 24.0 Å². The second-order valence-electron chi connectivity index (χ2n) is 2.43. The Morgan fingerprint density at radius 1 is 1.38 bits per heavy atom. The molecule has 0 spiro atoms. The highest BCUT2D eigenvalue weighted by molar-refractivity contribution is 9.10. The van der Waals surface area contributed by atoms with Gasteiger partial charge in [-0.3, -0.25) is 0 Å². The van der Waals surface area contributed by atoms with E-state index in [0.29, 0.717) is 4.47 Å². The van der Waals surface area contributed by atoms with Crippen molar-refractivity contribution in [1.29, 1.82) is 0 Å². The largest absolute Gasteiger partial charge is 0.314 e. The molecule has 0 aliphatic heterocycles. The molecular weight excluding hydrogens is 240 g/mol. The van der Waals surface area contributed by atoms with Crippen LogP contribution < -0.4 is 5.73 Å². The summed E-state index contributed by atoms with van der Waals surface area (Å²) >= 11 is 2.95. The van der Waals surface area contributed by atoms with Gasteiger partial charge in [-0.15, -0.1) is 6.42 Å². The predicted octanol–water partition coefficient (Wildman–Crippen LogP) is 2.36. The van der Waals surface area contributed by atoms with Gasteiger partial charge in [-0.2, -0.15) is 0 Å². The number of hydrogen-bond donors (Lipinski definition) is 1. The van der Waals surface area contributed by atoms with Crippen LogP contribution in [0.1, 0.15) is 11.6 Å². The molecular formula is C9H6BrF2N. The highest BCUT2D eigenvalue weighted by atomic mass is 79.9. The van der Waals surface area contributed by atoms with E-state index in [1.165, 1.54) is 0 Å². The maximum absolute atomic E-state index is 13.1. The molecule has 1 atom stereocenters. The zero-order chi connectivity index (χ0) is 10.0. The Bertz CT molecular complexity index is 347. The Labute approximate surface area is 83.1 Å². The van der Waals surface area contributed by atoms with Crippen molar-refractivity contribution in [1.82, 2.24) is 0 Å². The minimum atomic E-state index is -1.05. The first-order valence-corrected chi connectivity index (χ1v) is 4.21. The van der Waals surface area contributed by atoms with Crippen molar-refractivity contribution in [2.24, 2.45) is 5.73 Å². The van der Waals surface area contributed by atoms with Crippen molar-refractivity contribution in [3.05, 3.63) is 33.8 Å². The average molecular weight is 246 g/mol. The maximum Gasteiger partial charge on any atom is 0.133 e. The third kappa shape index (κ3) is 2.06. The smallest absolute Gasteiger partial charge is 0.133 e. The van der Waals surface area contributed by atoms with Gasteiger partial charge in [0.2, 0.25) is 0 Å². The van der Waals surface area contributed by atoms with E-state index in [2.05, 4.69) is 21.9 Å². The molecule has 0 amide bonds. The van der Waals surface area contributed by atoms with Gasteiger partial charge in [0.1, 0.15) is 11.6 Å². The quantitative estimate of drug-likeness (QED) is 0.756. The van der Waals surface area contributed by atoms with Gasteiger partial charge >= 0.3 is 0 Å². The Morgan fingerprint density at radius 2 is 1.85 bits per heavy atom. The molecule has 1 aromatic carbocycles. The van der Waals surface area contributed by atoms with Gasteiger partial charge in [0.25, 0.3) is 0 Å². The molecule has 0 heterocycles. The van der Waals surface area contributed by atoms with E-state index >= 15 is 0 Å². The van der Waals surface area contributed by atoms with Crippen LogP contribution in [0.25, 0.3) is 0 Å². The van der Waals surface area contributed by atoms with Crippen molar-refractivity contribution >= 4 is 15.9 Å². The molecule has 0 aliphatic carbocycles. The summed E-state index contributed by atoms with van der Waals surface area (Å²) in [5, 5.41) is 0. The third-order valence-electron chi connectivity index (χ3n) is 1.53. The standard InChI is InChI=1S/C9H6BrF2N/c1-2-8(13)9-6(11)3-5(10)4-7(9)12/h1,3-4,8H,13H2. The molecule has 1 nitrogen and oxygen atoms in total. The zero-order valence-electron chi connectivity index (χ0n) is 6.52. The molecule has 68 valence electrons. The minimum Gasteiger partial charge on any atom is -0.314 e. The van der Waals surface area contributed by atoms with Crippen LogP contribution in [-0.4, -0.2) is 0 Å². The van der Waals surface area contributed by atoms with Crippen LogP contribution in [0.4, 0.5) is 8.78 Å². The maximum atomic E-state index is 13.1. The molecule has 0 saturated carbocycles. The number of terminal acetylenes is 1. The molecule has 0 radical (unpaired) electrons. The summed E-state index contributed by atoms with van der Waals surface area (Å²) in [6.07, 6.45) is 4.96. The lowest BCUT2D eigenvalue weighted by Gasteiger charge is -2.07. The monoisotopic (exact) mass is 245 g/mol. The summed E-state index contributed by atoms with van der Waals surface area (Å²) in [6.45, 7) is 0. The van der Waals surface area contributed by atoms with E-state index < -0.39 is 17.7 Å². The SMILES string of the molecule is C#CC(N)c1c(F)cc(Br)cc1F. The first-order valence-electron chi connectivity index (χ1n) is 3.42. The Morgan fingerprint density at radius 3 is 2.23 bits per heavy atom. The summed E-state index contributed by atoms with van der Waals surface area (Å²) in [7, 11) is 0. The van der Waals surface area contributed by atoms with E-state index in [4.69, 9.17) is 12.2 Å². The number of hydrogen-bond acceptors (Lipinski definition) is 1. The van der Waals surface area contributed by atoms with Crippen LogP contribution in [0.3, 0.4) is 0 Å². The van der Waals surface area contributed by atoms with Crippen molar-refractivity contribution in [3.63, 3.8) is 0 Å². The molecule has 0 aliphatic rings. The lowest BCUT2D eigenvalue weighted by Crippen LogP contribution is -2.11. The fourth-order valence-corrected chi connectivity index (χ4v) is 1.34. The van der Waals surface area contributed by atoms with Crippen LogP contribution in [0.15, 0.2) is 16.6 Å². The Balaban J connectivity index is 3.30. The number of nitrogens with two attached hydrogens (primary N) is 1. The van der Waals surface area contributed by atoms with E-state index in [9.17, 15) is 8.78 Å². The second kappa shape index (κ2) is 3.86. The van der Waals surface area contributed by atoms with Gasteiger partial charge < -0.3 is 5.73 Å². The van der Waals surface area contributed by atoms with Gasteiger partial charge in [-0.25, -0.2) is 8.78 Å². The third-order valence-corrected chi connectivity index (χ3v) is 1.99. The molecule has 0 bridgehead atoms. The van der Waals surface area contributed by atoms with Gasteiger partial charge in [-0.1, -0.05) is 21.9 Å². The van der Waals surface area contributed by atoms with E-state index in [0.717, 1.165) is 12.1 Å². The normalized spacial score (nSPS) is 12.2. The fourth-order valence-electron chi connectivity index (χ4n) is 0.934. The Hall–Kier alpha value is -0.920. The van der Waals surface area contributed by atoms with Gasteiger partial charge in [-0.05, 0) is 12.1 Å². The zero-order valence-corrected chi connectivity index (χ0v) is 8.11. The minimum absolute atomic E-state index is 0.272. The van der Waals surface area contributed by atoms with Crippen LogP contribution in [0.2, 0.25) is 0 Å². The molecule has 0 saturated heterocycles. The molecule has 1 aromatic rings. The average Bonchev–Trinajstić information content (AvgIpc) is 2.02. The van der Waals surface area contributed by atoms with Crippen molar-refractivity contribution < 1.29 is 8.78 Å². The predicted molar refractivity (Wildman–Crippen MR) is 49.8 cm³/mol. The first-order chi connectivity index (χ1) is 6.06. The summed E-state index contributed by atoms with van der Waals surface area (Å²) in [5.41, 5.74) is 5.04. The van der Waals surface area contributed by atoms with Crippen molar-refractivity contribution in [2.75, 3.05) is 0 Å². The second-order valence-corrected chi connectivity index (χ2v) is 3.34. The van der Waals surface area contributed by atoms with Crippen molar-refractivity contribution in [2.45, 2.75) is 6.04 Å². The summed E-state index contributed by atoms with van der Waals surface area (Å²) in [5.74, 6) is 0.588. The molecule has 13 heavy (non-hydrogen) atoms. The number of rotatable bonds is 1. The van der Waals surface area contributed by atoms with Crippen LogP contribution >= 0.6 is 15.9 Å². The summed E-state index contributed by atoms with van der Waals surface area (Å²) in [4.78, 5) is 0. The Kier molecular flexibility index (Phi) is 3.02. The molecule has 0 fully saturated rings. The topological polar surface area (TPSA) is 26.0 Å². The van der Waals surface area contributed by atoms with Crippen LogP contribution in [-0.2, 0) is 0 Å². The number of benzene rings is 1. The lowest BCUT2D eigenvalue weighted by molar-refractivity contribution is 0.547. The van der Waals surface area contributed by atoms with Gasteiger partial charge in [0, 0.05) is 4.47 Å². The molecule has 2 N–H and O–H groups in total. The molecule has 0 aromatic heterocycles. The molecule has 1 unspecified atom stereocenters. The van der Waals surface area contributed by atoms with Gasteiger partial charge in [0.05, 0.1) is 11.6 Å². The molecule has 4 heteroatoms. The highest BCUT2D eigenvalue weighted by Crippen LogP contribution is 2.23. The van der Waals surface area contributed by atoms with Gasteiger partial charge in [0.15, 0.2) is 0 Å². The van der Waals surface area contributed by atoms with E-state index in [-0.39, 0.29) is 5.56 Å². The fraction of sp³-hybridized carbons (Fsp3) is 0.111. The summed E-state index contributed by atoms with van der Waals surface area (Å²) in [6, 6.07) is 1.19. The summed E-state index contributed by atoms with van der Waals surface area (Å²) < 4.78 is 26.5. The van der Waals surface area contributed by atoms with Crippen molar-refractivity contribution in [3.8, 4) is 12.3 Å². The first kappa shape index (κ1) is 10.2. The molecule has 1 rings (SSSR count). The number of halogens is 3. The van der Waals surface area contributed by atoms with E-state index in [1.807, 2.05) is 0 Å². The lowest BCUT2D eigenvalue weighted by atomic mass is 10.1. The van der Waals surface area contributed by atoms with Crippen LogP contribution in [0.5, 0.6) is 0 Å².